The van der Waals surface area contributed by atoms with Crippen molar-refractivity contribution in [3.8, 4) is 5.75 Å². The van der Waals surface area contributed by atoms with Crippen LogP contribution >= 0.6 is 22.6 Å². The third-order valence-electron chi connectivity index (χ3n) is 3.62. The molecule has 0 saturated heterocycles. The van der Waals surface area contributed by atoms with E-state index in [4.69, 9.17) is 4.74 Å². The number of nitrogens with zero attached hydrogens (tertiary/aromatic N) is 1. The summed E-state index contributed by atoms with van der Waals surface area (Å²) in [6.45, 7) is 1.90. The number of hydrogen-bond acceptors (Lipinski definition) is 4. The van der Waals surface area contributed by atoms with Crippen LogP contribution in [0.5, 0.6) is 5.75 Å². The summed E-state index contributed by atoms with van der Waals surface area (Å²) in [4.78, 5) is 12.5. The number of sulfonamides is 1. The zero-order valence-corrected chi connectivity index (χ0v) is 17.3. The number of hydrogen-bond donors (Lipinski definition) is 1. The molecule has 2 rings (SSSR count). The van der Waals surface area contributed by atoms with Gasteiger partial charge in [0.05, 0.1) is 7.11 Å². The topological polar surface area (TPSA) is 75.7 Å². The Kier molecular flexibility index (Phi) is 6.07. The van der Waals surface area contributed by atoms with Crippen molar-refractivity contribution in [2.24, 2.45) is 0 Å². The van der Waals surface area contributed by atoms with E-state index in [1.54, 1.807) is 0 Å². The number of benzene rings is 2. The highest BCUT2D eigenvalue weighted by atomic mass is 127. The summed E-state index contributed by atoms with van der Waals surface area (Å²) in [7, 11) is 0.507. The summed E-state index contributed by atoms with van der Waals surface area (Å²) in [5, 5.41) is 2.81. The Morgan fingerprint density at radius 1 is 1.16 bits per heavy atom. The van der Waals surface area contributed by atoms with Gasteiger partial charge in [-0.3, -0.25) is 4.79 Å². The maximum Gasteiger partial charge on any atom is 0.255 e. The number of methoxy groups -OCH3 is 1. The van der Waals surface area contributed by atoms with Crippen molar-refractivity contribution < 1.29 is 17.9 Å². The molecular weight excluding hydrogens is 455 g/mol. The molecule has 2 aromatic carbocycles. The van der Waals surface area contributed by atoms with Crippen LogP contribution in [0.3, 0.4) is 0 Å². The molecule has 0 bridgehead atoms. The van der Waals surface area contributed by atoms with Crippen LogP contribution in [0, 0.1) is 10.5 Å². The van der Waals surface area contributed by atoms with Gasteiger partial charge in [0.25, 0.3) is 5.91 Å². The number of rotatable bonds is 5. The van der Waals surface area contributed by atoms with Gasteiger partial charge >= 0.3 is 0 Å². The first kappa shape index (κ1) is 19.7. The summed E-state index contributed by atoms with van der Waals surface area (Å²) < 4.78 is 32.2. The summed E-state index contributed by atoms with van der Waals surface area (Å²) in [5.74, 6) is -0.196. The number of amides is 1. The van der Waals surface area contributed by atoms with Gasteiger partial charge in [0.2, 0.25) is 10.0 Å². The molecule has 0 atom stereocenters. The van der Waals surface area contributed by atoms with Crippen LogP contribution in [0.25, 0.3) is 0 Å². The second kappa shape index (κ2) is 7.71. The smallest absolute Gasteiger partial charge is 0.255 e. The Labute approximate surface area is 161 Å². The zero-order chi connectivity index (χ0) is 18.8. The zero-order valence-electron chi connectivity index (χ0n) is 14.3. The monoisotopic (exact) mass is 474 g/mol. The van der Waals surface area contributed by atoms with Crippen LogP contribution in [-0.4, -0.2) is 39.8 Å². The molecule has 1 N–H and O–H groups in total. The maximum absolute atomic E-state index is 12.5. The fourth-order valence-electron chi connectivity index (χ4n) is 2.18. The third kappa shape index (κ3) is 4.31. The summed E-state index contributed by atoms with van der Waals surface area (Å²) in [6.07, 6.45) is 0. The molecule has 6 nitrogen and oxygen atoms in total. The van der Waals surface area contributed by atoms with E-state index in [0.717, 1.165) is 13.4 Å². The predicted octanol–water partition coefficient (Wildman–Crippen LogP) is 3.11. The number of halogens is 1. The van der Waals surface area contributed by atoms with E-state index in [1.165, 1.54) is 39.4 Å². The minimum atomic E-state index is -3.73. The number of anilines is 1. The van der Waals surface area contributed by atoms with Crippen LogP contribution in [0.2, 0.25) is 0 Å². The maximum atomic E-state index is 12.5. The van der Waals surface area contributed by atoms with E-state index in [2.05, 4.69) is 27.9 Å². The normalized spacial score (nSPS) is 11.4. The van der Waals surface area contributed by atoms with Gasteiger partial charge < -0.3 is 10.1 Å². The number of carbonyl (C=O) groups excluding carboxylic acids is 1. The van der Waals surface area contributed by atoms with Crippen molar-refractivity contribution in [1.29, 1.82) is 0 Å². The molecule has 0 radical (unpaired) electrons. The molecule has 0 heterocycles. The Morgan fingerprint density at radius 3 is 2.40 bits per heavy atom. The van der Waals surface area contributed by atoms with Gasteiger partial charge in [0.1, 0.15) is 10.6 Å². The Bertz CT molecular complexity index is 911. The second-order valence-corrected chi connectivity index (χ2v) is 8.93. The Morgan fingerprint density at radius 2 is 1.84 bits per heavy atom. The summed E-state index contributed by atoms with van der Waals surface area (Å²) in [5.41, 5.74) is 1.84. The number of ether oxygens (including phenoxy) is 1. The molecule has 134 valence electrons. The predicted molar refractivity (Wildman–Crippen MR) is 106 cm³/mol. The molecule has 0 aromatic heterocycles. The van der Waals surface area contributed by atoms with Crippen LogP contribution in [-0.2, 0) is 10.0 Å². The molecule has 0 unspecified atom stereocenters. The highest BCUT2D eigenvalue weighted by Gasteiger charge is 2.24. The van der Waals surface area contributed by atoms with Crippen LogP contribution in [0.15, 0.2) is 41.3 Å². The second-order valence-electron chi connectivity index (χ2n) is 5.57. The van der Waals surface area contributed by atoms with Gasteiger partial charge in [0, 0.05) is 28.9 Å². The first-order valence-electron chi connectivity index (χ1n) is 7.35. The molecular formula is C17H19IN2O4S. The van der Waals surface area contributed by atoms with Crippen molar-refractivity contribution in [3.63, 3.8) is 0 Å². The average molecular weight is 474 g/mol. The van der Waals surface area contributed by atoms with Crippen molar-refractivity contribution in [3.05, 3.63) is 51.1 Å². The van der Waals surface area contributed by atoms with Gasteiger partial charge in [-0.05, 0) is 71.5 Å². The van der Waals surface area contributed by atoms with Gasteiger partial charge in [-0.1, -0.05) is 0 Å². The summed E-state index contributed by atoms with van der Waals surface area (Å²) in [6, 6.07) is 9.99. The molecule has 0 spiro atoms. The number of nitrogens with one attached hydrogen (secondary N) is 1. The molecule has 1 amide bonds. The molecule has 0 aliphatic rings. The first-order valence-corrected chi connectivity index (χ1v) is 9.86. The lowest BCUT2D eigenvalue weighted by Gasteiger charge is -2.16. The molecule has 2 aromatic rings. The highest BCUT2D eigenvalue weighted by Crippen LogP contribution is 2.27. The fraction of sp³-hybridized carbons (Fsp3) is 0.235. The SMILES string of the molecule is COc1ccc(C(=O)Nc2ccc(I)cc2C)cc1S(=O)(=O)N(C)C. The number of aryl methyl sites for hydroxylation is 1. The number of carbonyl (C=O) groups is 1. The lowest BCUT2D eigenvalue weighted by molar-refractivity contribution is 0.102. The minimum absolute atomic E-state index is 0.0491. The van der Waals surface area contributed by atoms with Gasteiger partial charge in [-0.2, -0.15) is 0 Å². The Hall–Kier alpha value is -1.65. The van der Waals surface area contributed by atoms with E-state index in [0.29, 0.717) is 5.69 Å². The molecule has 0 fully saturated rings. The van der Waals surface area contributed by atoms with E-state index >= 15 is 0 Å². The quantitative estimate of drug-likeness (QED) is 0.676. The minimum Gasteiger partial charge on any atom is -0.495 e. The lowest BCUT2D eigenvalue weighted by Crippen LogP contribution is -2.23. The van der Waals surface area contributed by atoms with Crippen molar-refractivity contribution >= 4 is 44.2 Å². The molecule has 0 aliphatic heterocycles. The van der Waals surface area contributed by atoms with Crippen molar-refractivity contribution in [2.75, 3.05) is 26.5 Å². The summed E-state index contributed by atoms with van der Waals surface area (Å²) >= 11 is 2.20. The fourth-order valence-corrected chi connectivity index (χ4v) is 3.90. The van der Waals surface area contributed by atoms with E-state index < -0.39 is 10.0 Å². The average Bonchev–Trinajstić information content (AvgIpc) is 2.56. The standard InChI is InChI=1S/C17H19IN2O4S/c1-11-9-13(18)6-7-14(11)19-17(21)12-5-8-15(24-4)16(10-12)25(22,23)20(2)3/h5-10H,1-4H3,(H,19,21). The van der Waals surface area contributed by atoms with Crippen molar-refractivity contribution in [1.82, 2.24) is 4.31 Å². The van der Waals surface area contributed by atoms with Gasteiger partial charge in [-0.15, -0.1) is 0 Å². The Balaban J connectivity index is 2.41. The van der Waals surface area contributed by atoms with Crippen LogP contribution in [0.4, 0.5) is 5.69 Å². The molecule has 0 aliphatic carbocycles. The molecule has 8 heteroatoms. The largest absolute Gasteiger partial charge is 0.495 e. The third-order valence-corrected chi connectivity index (χ3v) is 6.13. The van der Waals surface area contributed by atoms with E-state index in [1.807, 2.05) is 25.1 Å². The van der Waals surface area contributed by atoms with E-state index in [9.17, 15) is 13.2 Å². The van der Waals surface area contributed by atoms with E-state index in [-0.39, 0.29) is 22.1 Å². The van der Waals surface area contributed by atoms with Gasteiger partial charge in [0.15, 0.2) is 0 Å². The van der Waals surface area contributed by atoms with Crippen molar-refractivity contribution in [2.45, 2.75) is 11.8 Å². The highest BCUT2D eigenvalue weighted by molar-refractivity contribution is 14.1. The lowest BCUT2D eigenvalue weighted by atomic mass is 10.1. The molecule has 25 heavy (non-hydrogen) atoms. The van der Waals surface area contributed by atoms with Gasteiger partial charge in [-0.25, -0.2) is 12.7 Å². The molecule has 0 saturated carbocycles. The van der Waals surface area contributed by atoms with Crippen LogP contribution in [0.1, 0.15) is 15.9 Å². The van der Waals surface area contributed by atoms with Crippen LogP contribution < -0.4 is 10.1 Å². The first-order chi connectivity index (χ1) is 11.7.